The van der Waals surface area contributed by atoms with E-state index in [1.165, 1.54) is 13.2 Å². The number of halogens is 2. The van der Waals surface area contributed by atoms with Crippen molar-refractivity contribution in [3.8, 4) is 5.75 Å². The van der Waals surface area contributed by atoms with Crippen molar-refractivity contribution in [2.24, 2.45) is 0 Å². The maximum atomic E-state index is 12.0. The van der Waals surface area contributed by atoms with Crippen molar-refractivity contribution in [1.29, 1.82) is 0 Å². The second kappa shape index (κ2) is 8.71. The van der Waals surface area contributed by atoms with Gasteiger partial charge in [-0.3, -0.25) is 9.59 Å². The number of rotatable bonds is 8. The molecule has 6 nitrogen and oxygen atoms in total. The van der Waals surface area contributed by atoms with Crippen LogP contribution in [0.1, 0.15) is 0 Å². The minimum atomic E-state index is -1.11. The molecule has 8 heteroatoms. The van der Waals surface area contributed by atoms with Crippen molar-refractivity contribution in [3.63, 3.8) is 0 Å². The predicted molar refractivity (Wildman–Crippen MR) is 78.0 cm³/mol. The summed E-state index contributed by atoms with van der Waals surface area (Å²) in [7, 11) is 1.46. The van der Waals surface area contributed by atoms with Gasteiger partial charge in [0.2, 0.25) is 0 Å². The van der Waals surface area contributed by atoms with E-state index in [4.69, 9.17) is 37.8 Å². The first-order chi connectivity index (χ1) is 9.93. The molecule has 0 spiro atoms. The maximum Gasteiger partial charge on any atom is 0.323 e. The van der Waals surface area contributed by atoms with Crippen LogP contribution in [-0.2, 0) is 14.3 Å². The molecule has 0 heterocycles. The number of carbonyl (C=O) groups excluding carboxylic acids is 1. The molecule has 0 aliphatic heterocycles. The Balaban J connectivity index is 2.63. The van der Waals surface area contributed by atoms with Gasteiger partial charge in [0, 0.05) is 24.7 Å². The van der Waals surface area contributed by atoms with Gasteiger partial charge in [0.1, 0.15) is 12.3 Å². The standard InChI is InChI=1S/C13H15Cl2NO5/c1-20-5-4-16(7-13(18)19)12(17)8-21-11-6-9(14)2-3-10(11)15/h2-3,6H,4-5,7-8H2,1H3,(H,18,19). The molecule has 0 aliphatic rings. The number of carbonyl (C=O) groups is 2. The number of nitrogens with zero attached hydrogens (tertiary/aromatic N) is 1. The third-order valence-electron chi connectivity index (χ3n) is 2.49. The predicted octanol–water partition coefficient (Wildman–Crippen LogP) is 1.93. The molecule has 1 aromatic rings. The lowest BCUT2D eigenvalue weighted by Gasteiger charge is -2.20. The molecule has 0 saturated carbocycles. The number of ether oxygens (including phenoxy) is 2. The van der Waals surface area contributed by atoms with E-state index in [0.717, 1.165) is 4.90 Å². The molecule has 0 unspecified atom stereocenters. The highest BCUT2D eigenvalue weighted by atomic mass is 35.5. The summed E-state index contributed by atoms with van der Waals surface area (Å²) in [5.41, 5.74) is 0. The van der Waals surface area contributed by atoms with Crippen LogP contribution in [0, 0.1) is 0 Å². The third kappa shape index (κ3) is 6.20. The van der Waals surface area contributed by atoms with Gasteiger partial charge in [-0.25, -0.2) is 0 Å². The summed E-state index contributed by atoms with van der Waals surface area (Å²) in [6.45, 7) is -0.364. The molecule has 116 valence electrons. The Morgan fingerprint density at radius 2 is 2.05 bits per heavy atom. The van der Waals surface area contributed by atoms with Crippen LogP contribution in [0.3, 0.4) is 0 Å². The Bertz CT molecular complexity index is 509. The number of carboxylic acid groups (broad SMARTS) is 1. The monoisotopic (exact) mass is 335 g/mol. The summed E-state index contributed by atoms with van der Waals surface area (Å²) in [6, 6.07) is 4.62. The lowest BCUT2D eigenvalue weighted by atomic mass is 10.3. The Morgan fingerprint density at radius 1 is 1.33 bits per heavy atom. The number of amides is 1. The molecule has 0 atom stereocenters. The molecular formula is C13H15Cl2NO5. The van der Waals surface area contributed by atoms with E-state index in [1.54, 1.807) is 12.1 Å². The summed E-state index contributed by atoms with van der Waals surface area (Å²) in [6.07, 6.45) is 0. The molecule has 0 fully saturated rings. The molecule has 1 rings (SSSR count). The quantitative estimate of drug-likeness (QED) is 0.785. The van der Waals surface area contributed by atoms with Crippen LogP contribution in [0.2, 0.25) is 10.0 Å². The second-order valence-electron chi connectivity index (χ2n) is 4.07. The van der Waals surface area contributed by atoms with Crippen molar-refractivity contribution in [2.75, 3.05) is 33.4 Å². The second-order valence-corrected chi connectivity index (χ2v) is 4.91. The van der Waals surface area contributed by atoms with Crippen LogP contribution in [0.4, 0.5) is 0 Å². The first kappa shape index (κ1) is 17.6. The molecule has 0 saturated heterocycles. The summed E-state index contributed by atoms with van der Waals surface area (Å²) in [5.74, 6) is -1.33. The largest absolute Gasteiger partial charge is 0.482 e. The lowest BCUT2D eigenvalue weighted by molar-refractivity contribution is -0.145. The summed E-state index contributed by atoms with van der Waals surface area (Å²) >= 11 is 11.7. The van der Waals surface area contributed by atoms with Crippen LogP contribution in [0.15, 0.2) is 18.2 Å². The van der Waals surface area contributed by atoms with Crippen molar-refractivity contribution in [2.45, 2.75) is 0 Å². The highest BCUT2D eigenvalue weighted by molar-refractivity contribution is 6.34. The number of hydrogen-bond acceptors (Lipinski definition) is 4. The topological polar surface area (TPSA) is 76.1 Å². The van der Waals surface area contributed by atoms with E-state index in [2.05, 4.69) is 0 Å². The van der Waals surface area contributed by atoms with Gasteiger partial charge in [0.25, 0.3) is 5.91 Å². The molecular weight excluding hydrogens is 321 g/mol. The van der Waals surface area contributed by atoms with Gasteiger partial charge in [0.05, 0.1) is 11.6 Å². The van der Waals surface area contributed by atoms with Gasteiger partial charge < -0.3 is 19.5 Å². The van der Waals surface area contributed by atoms with Crippen LogP contribution in [-0.4, -0.2) is 55.3 Å². The molecule has 0 bridgehead atoms. The van der Waals surface area contributed by atoms with E-state index in [-0.39, 0.29) is 25.5 Å². The SMILES string of the molecule is COCCN(CC(=O)O)C(=O)COc1cc(Cl)ccc1Cl. The lowest BCUT2D eigenvalue weighted by Crippen LogP contribution is -2.40. The zero-order valence-electron chi connectivity index (χ0n) is 11.3. The van der Waals surface area contributed by atoms with Crippen molar-refractivity contribution in [3.05, 3.63) is 28.2 Å². The van der Waals surface area contributed by atoms with Gasteiger partial charge in [-0.15, -0.1) is 0 Å². The average Bonchev–Trinajstić information content (AvgIpc) is 2.43. The van der Waals surface area contributed by atoms with E-state index < -0.39 is 18.4 Å². The third-order valence-corrected chi connectivity index (χ3v) is 3.04. The van der Waals surface area contributed by atoms with Gasteiger partial charge >= 0.3 is 5.97 Å². The molecule has 1 N–H and O–H groups in total. The Hall–Kier alpha value is -1.50. The Kier molecular flexibility index (Phi) is 7.28. The normalized spacial score (nSPS) is 10.2. The number of aliphatic carboxylic acids is 1. The zero-order chi connectivity index (χ0) is 15.8. The summed E-state index contributed by atoms with van der Waals surface area (Å²) < 4.78 is 10.1. The van der Waals surface area contributed by atoms with Gasteiger partial charge in [-0.05, 0) is 12.1 Å². The zero-order valence-corrected chi connectivity index (χ0v) is 12.9. The number of benzene rings is 1. The van der Waals surface area contributed by atoms with Crippen LogP contribution < -0.4 is 4.74 Å². The van der Waals surface area contributed by atoms with E-state index >= 15 is 0 Å². The maximum absolute atomic E-state index is 12.0. The molecule has 1 amide bonds. The van der Waals surface area contributed by atoms with E-state index in [9.17, 15) is 9.59 Å². The summed E-state index contributed by atoms with van der Waals surface area (Å²) in [5, 5.41) is 9.52. The fourth-order valence-electron chi connectivity index (χ4n) is 1.48. The number of methoxy groups -OCH3 is 1. The van der Waals surface area contributed by atoms with Gasteiger partial charge in [-0.2, -0.15) is 0 Å². The first-order valence-corrected chi connectivity index (χ1v) is 6.76. The van der Waals surface area contributed by atoms with Crippen LogP contribution >= 0.6 is 23.2 Å². The van der Waals surface area contributed by atoms with Crippen LogP contribution in [0.25, 0.3) is 0 Å². The fourth-order valence-corrected chi connectivity index (χ4v) is 1.81. The minimum Gasteiger partial charge on any atom is -0.482 e. The van der Waals surface area contributed by atoms with Crippen molar-refractivity contribution in [1.82, 2.24) is 4.90 Å². The fraction of sp³-hybridized carbons (Fsp3) is 0.385. The van der Waals surface area contributed by atoms with Crippen molar-refractivity contribution >= 4 is 35.1 Å². The molecule has 1 aromatic carbocycles. The molecule has 0 aliphatic carbocycles. The average molecular weight is 336 g/mol. The van der Waals surface area contributed by atoms with Gasteiger partial charge in [0.15, 0.2) is 6.61 Å². The number of carboxylic acids is 1. The molecule has 21 heavy (non-hydrogen) atoms. The van der Waals surface area contributed by atoms with Crippen molar-refractivity contribution < 1.29 is 24.2 Å². The smallest absolute Gasteiger partial charge is 0.323 e. The molecule has 0 aromatic heterocycles. The highest BCUT2D eigenvalue weighted by Crippen LogP contribution is 2.27. The Labute approximate surface area is 132 Å². The summed E-state index contributed by atoms with van der Waals surface area (Å²) in [4.78, 5) is 23.8. The minimum absolute atomic E-state index is 0.161. The van der Waals surface area contributed by atoms with Gasteiger partial charge in [-0.1, -0.05) is 23.2 Å². The molecule has 0 radical (unpaired) electrons. The first-order valence-electron chi connectivity index (χ1n) is 6.00. The highest BCUT2D eigenvalue weighted by Gasteiger charge is 2.17. The van der Waals surface area contributed by atoms with E-state index in [0.29, 0.717) is 10.0 Å². The number of hydrogen-bond donors (Lipinski definition) is 1. The van der Waals surface area contributed by atoms with Crippen LogP contribution in [0.5, 0.6) is 5.75 Å². The Morgan fingerprint density at radius 3 is 2.67 bits per heavy atom. The van der Waals surface area contributed by atoms with E-state index in [1.807, 2.05) is 0 Å².